The van der Waals surface area contributed by atoms with Gasteiger partial charge in [-0.25, -0.2) is 0 Å². The number of thioether (sulfide) groups is 1. The van der Waals surface area contributed by atoms with Gasteiger partial charge in [0.05, 0.1) is 0 Å². The molecule has 0 spiro atoms. The van der Waals surface area contributed by atoms with E-state index in [0.717, 1.165) is 25.3 Å². The molecule has 0 saturated carbocycles. The molecule has 2 nitrogen and oxygen atoms in total. The molecule has 1 saturated heterocycles. The van der Waals surface area contributed by atoms with Gasteiger partial charge in [0.2, 0.25) is 5.91 Å². The summed E-state index contributed by atoms with van der Waals surface area (Å²) >= 11 is 1.93. The highest BCUT2D eigenvalue weighted by Gasteiger charge is 2.32. The smallest absolute Gasteiger partial charge is 0.222 e. The molecule has 0 N–H and O–H groups in total. The molecule has 0 radical (unpaired) electrons. The van der Waals surface area contributed by atoms with Crippen molar-refractivity contribution in [3.63, 3.8) is 0 Å². The van der Waals surface area contributed by atoms with Gasteiger partial charge in [-0.1, -0.05) is 31.5 Å². The largest absolute Gasteiger partial charge is 0.342 e. The van der Waals surface area contributed by atoms with Crippen LogP contribution in [0.3, 0.4) is 0 Å². The third-order valence-corrected chi connectivity index (χ3v) is 5.48. The van der Waals surface area contributed by atoms with Crippen molar-refractivity contribution in [2.75, 3.05) is 18.8 Å². The summed E-state index contributed by atoms with van der Waals surface area (Å²) in [6, 6.07) is 8.64. The van der Waals surface area contributed by atoms with E-state index in [-0.39, 0.29) is 0 Å². The van der Waals surface area contributed by atoms with Crippen molar-refractivity contribution in [3.05, 3.63) is 29.8 Å². The Balaban J connectivity index is 1.65. The molecule has 2 heterocycles. The summed E-state index contributed by atoms with van der Waals surface area (Å²) in [7, 11) is 0. The van der Waals surface area contributed by atoms with Gasteiger partial charge in [0.25, 0.3) is 0 Å². The highest BCUT2D eigenvalue weighted by Crippen LogP contribution is 2.40. The van der Waals surface area contributed by atoms with E-state index < -0.39 is 0 Å². The number of hydrogen-bond donors (Lipinski definition) is 0. The molecule has 0 bridgehead atoms. The molecular weight excluding hydrogens is 254 g/mol. The molecule has 0 aliphatic carbocycles. The summed E-state index contributed by atoms with van der Waals surface area (Å²) in [5.41, 5.74) is 1.44. The molecule has 1 aromatic rings. The molecule has 2 unspecified atom stereocenters. The number of likely N-dealkylation sites (tertiary alicyclic amines) is 1. The van der Waals surface area contributed by atoms with Crippen molar-refractivity contribution in [3.8, 4) is 0 Å². The van der Waals surface area contributed by atoms with Crippen LogP contribution in [0.15, 0.2) is 29.2 Å². The lowest BCUT2D eigenvalue weighted by Gasteiger charge is -2.21. The van der Waals surface area contributed by atoms with E-state index in [4.69, 9.17) is 0 Å². The maximum absolute atomic E-state index is 12.1. The maximum Gasteiger partial charge on any atom is 0.222 e. The van der Waals surface area contributed by atoms with Crippen LogP contribution in [-0.2, 0) is 4.79 Å². The highest BCUT2D eigenvalue weighted by atomic mass is 32.2. The molecule has 2 aliphatic rings. The molecule has 2 aliphatic heterocycles. The molecule has 3 heteroatoms. The number of nitrogens with zero attached hydrogens (tertiary/aromatic N) is 1. The lowest BCUT2D eigenvalue weighted by atomic mass is 10.0. The van der Waals surface area contributed by atoms with Gasteiger partial charge < -0.3 is 4.90 Å². The van der Waals surface area contributed by atoms with E-state index in [2.05, 4.69) is 36.1 Å². The minimum Gasteiger partial charge on any atom is -0.342 e. The van der Waals surface area contributed by atoms with Crippen LogP contribution in [0.25, 0.3) is 0 Å². The van der Waals surface area contributed by atoms with Gasteiger partial charge in [-0.05, 0) is 24.0 Å². The molecule has 102 valence electrons. The molecule has 1 amide bonds. The topological polar surface area (TPSA) is 20.3 Å². The van der Waals surface area contributed by atoms with Gasteiger partial charge >= 0.3 is 0 Å². The average molecular weight is 275 g/mol. The number of carbonyl (C=O) groups is 1. The van der Waals surface area contributed by atoms with Gasteiger partial charge in [-0.3, -0.25) is 4.79 Å². The van der Waals surface area contributed by atoms with Crippen molar-refractivity contribution in [2.24, 2.45) is 5.92 Å². The average Bonchev–Trinajstić information content (AvgIpc) is 2.96. The second-order valence-corrected chi connectivity index (χ2v) is 6.77. The molecule has 1 fully saturated rings. The van der Waals surface area contributed by atoms with E-state index >= 15 is 0 Å². The predicted octanol–water partition coefficient (Wildman–Crippen LogP) is 3.52. The van der Waals surface area contributed by atoms with Gasteiger partial charge in [0.1, 0.15) is 0 Å². The van der Waals surface area contributed by atoms with E-state index in [0.29, 0.717) is 17.7 Å². The Morgan fingerprint density at radius 2 is 2.21 bits per heavy atom. The van der Waals surface area contributed by atoms with Crippen LogP contribution in [0.4, 0.5) is 0 Å². The number of rotatable bonds is 4. The Hall–Kier alpha value is -0.960. The third kappa shape index (κ3) is 2.66. The molecule has 1 aromatic carbocycles. The van der Waals surface area contributed by atoms with Crippen molar-refractivity contribution >= 4 is 17.7 Å². The zero-order chi connectivity index (χ0) is 13.2. The maximum atomic E-state index is 12.1. The van der Waals surface area contributed by atoms with Gasteiger partial charge in [0, 0.05) is 36.1 Å². The fourth-order valence-electron chi connectivity index (χ4n) is 3.28. The Bertz CT molecular complexity index is 474. The number of fused-ring (bicyclic) bond motifs is 1. The summed E-state index contributed by atoms with van der Waals surface area (Å²) < 4.78 is 0. The van der Waals surface area contributed by atoms with E-state index in [1.165, 1.54) is 23.3 Å². The van der Waals surface area contributed by atoms with Crippen LogP contribution < -0.4 is 0 Å². The lowest BCUT2D eigenvalue weighted by molar-refractivity contribution is -0.127. The molecule has 19 heavy (non-hydrogen) atoms. The quantitative estimate of drug-likeness (QED) is 0.838. The highest BCUT2D eigenvalue weighted by molar-refractivity contribution is 7.99. The van der Waals surface area contributed by atoms with E-state index in [9.17, 15) is 4.79 Å². The standard InChI is InChI=1S/C16H21NOS/c1-2-5-12-8-16(18)17(9-12)10-13-11-19-15-7-4-3-6-14(13)15/h3-4,6-7,12-13H,2,5,8-11H2,1H3. The van der Waals surface area contributed by atoms with Crippen molar-refractivity contribution < 1.29 is 4.79 Å². The predicted molar refractivity (Wildman–Crippen MR) is 79.5 cm³/mol. The Kier molecular flexibility index (Phi) is 3.83. The zero-order valence-electron chi connectivity index (χ0n) is 11.5. The number of amides is 1. The molecule has 0 aromatic heterocycles. The first-order chi connectivity index (χ1) is 9.28. The minimum atomic E-state index is 0.368. The fraction of sp³-hybridized carbons (Fsp3) is 0.562. The SMILES string of the molecule is CCCC1CC(=O)N(CC2CSc3ccccc32)C1. The van der Waals surface area contributed by atoms with E-state index in [1.54, 1.807) is 0 Å². The molecule has 2 atom stereocenters. The molecular formula is C16H21NOS. The first kappa shape index (κ1) is 13.0. The van der Waals surface area contributed by atoms with Crippen LogP contribution in [0.1, 0.15) is 37.7 Å². The third-order valence-electron chi connectivity index (χ3n) is 4.23. The van der Waals surface area contributed by atoms with Crippen LogP contribution in [-0.4, -0.2) is 29.6 Å². The zero-order valence-corrected chi connectivity index (χ0v) is 12.3. The van der Waals surface area contributed by atoms with Gasteiger partial charge in [-0.2, -0.15) is 0 Å². The van der Waals surface area contributed by atoms with Gasteiger partial charge in [0.15, 0.2) is 0 Å². The van der Waals surface area contributed by atoms with Crippen LogP contribution in [0, 0.1) is 5.92 Å². The lowest BCUT2D eigenvalue weighted by Crippen LogP contribution is -2.30. The fourth-order valence-corrected chi connectivity index (χ4v) is 4.52. The molecule has 3 rings (SSSR count). The Labute approximate surface area is 119 Å². The van der Waals surface area contributed by atoms with Gasteiger partial charge in [-0.15, -0.1) is 11.8 Å². The first-order valence-corrected chi connectivity index (χ1v) is 8.26. The van der Waals surface area contributed by atoms with Crippen molar-refractivity contribution in [1.29, 1.82) is 0 Å². The Morgan fingerprint density at radius 3 is 3.05 bits per heavy atom. The van der Waals surface area contributed by atoms with Crippen LogP contribution in [0.2, 0.25) is 0 Å². The van der Waals surface area contributed by atoms with Crippen LogP contribution in [0.5, 0.6) is 0 Å². The summed E-state index contributed by atoms with van der Waals surface area (Å²) in [6.07, 6.45) is 3.15. The number of benzene rings is 1. The van der Waals surface area contributed by atoms with E-state index in [1.807, 2.05) is 11.8 Å². The normalized spacial score (nSPS) is 25.9. The summed E-state index contributed by atoms with van der Waals surface area (Å²) in [4.78, 5) is 15.6. The second-order valence-electron chi connectivity index (χ2n) is 5.70. The number of hydrogen-bond acceptors (Lipinski definition) is 2. The minimum absolute atomic E-state index is 0.368. The summed E-state index contributed by atoms with van der Waals surface area (Å²) in [5, 5.41) is 0. The van der Waals surface area contributed by atoms with Crippen molar-refractivity contribution in [1.82, 2.24) is 4.90 Å². The number of carbonyl (C=O) groups excluding carboxylic acids is 1. The second kappa shape index (κ2) is 5.58. The van der Waals surface area contributed by atoms with Crippen molar-refractivity contribution in [2.45, 2.75) is 37.0 Å². The van der Waals surface area contributed by atoms with Crippen LogP contribution >= 0.6 is 11.8 Å². The monoisotopic (exact) mass is 275 g/mol. The first-order valence-electron chi connectivity index (χ1n) is 7.27. The summed E-state index contributed by atoms with van der Waals surface area (Å²) in [5.74, 6) is 2.63. The summed E-state index contributed by atoms with van der Waals surface area (Å²) in [6.45, 7) is 4.11. The Morgan fingerprint density at radius 1 is 1.37 bits per heavy atom.